The Labute approximate surface area is 116 Å². The van der Waals surface area contributed by atoms with E-state index in [1.54, 1.807) is 0 Å². The molecule has 0 amide bonds. The second-order valence-electron chi connectivity index (χ2n) is 5.89. The summed E-state index contributed by atoms with van der Waals surface area (Å²) in [7, 11) is 4.10. The normalized spacial score (nSPS) is 27.7. The van der Waals surface area contributed by atoms with Crippen LogP contribution in [-0.4, -0.2) is 42.3 Å². The van der Waals surface area contributed by atoms with Crippen LogP contribution in [0.4, 0.5) is 0 Å². The maximum atomic E-state index is 10.4. The molecule has 0 aliphatic heterocycles. The lowest BCUT2D eigenvalue weighted by molar-refractivity contribution is -0.0155. The number of hydrogen-bond acceptors (Lipinski definition) is 3. The average Bonchev–Trinajstić information content (AvgIpc) is 2.40. The lowest BCUT2D eigenvalue weighted by atomic mass is 9.81. The molecule has 1 fully saturated rings. The van der Waals surface area contributed by atoms with Crippen LogP contribution in [0.5, 0.6) is 0 Å². The maximum Gasteiger partial charge on any atom is 0.0772 e. The highest BCUT2D eigenvalue weighted by molar-refractivity contribution is 5.14. The summed E-state index contributed by atoms with van der Waals surface area (Å²) in [6.07, 6.45) is 3.97. The van der Waals surface area contributed by atoms with Crippen molar-refractivity contribution in [3.8, 4) is 0 Å². The molecule has 1 aliphatic carbocycles. The lowest BCUT2D eigenvalue weighted by Gasteiger charge is -2.39. The van der Waals surface area contributed by atoms with Crippen LogP contribution in [-0.2, 0) is 6.54 Å². The average molecular weight is 262 g/mol. The first-order valence-corrected chi connectivity index (χ1v) is 7.24. The van der Waals surface area contributed by atoms with Gasteiger partial charge in [-0.25, -0.2) is 0 Å². The number of nitrogens with zero attached hydrogens (tertiary/aromatic N) is 1. The number of nitrogens with one attached hydrogen (secondary N) is 1. The Morgan fingerprint density at radius 3 is 2.47 bits per heavy atom. The molecule has 1 aromatic rings. The molecule has 0 bridgehead atoms. The summed E-state index contributed by atoms with van der Waals surface area (Å²) in [6.45, 7) is 1.71. The summed E-state index contributed by atoms with van der Waals surface area (Å²) in [5.74, 6) is 0. The van der Waals surface area contributed by atoms with Gasteiger partial charge in [-0.2, -0.15) is 0 Å². The highest BCUT2D eigenvalue weighted by Gasteiger charge is 2.33. The third-order valence-corrected chi connectivity index (χ3v) is 4.29. The molecule has 106 valence electrons. The van der Waals surface area contributed by atoms with Crippen LogP contribution >= 0.6 is 0 Å². The molecule has 2 N–H and O–H groups in total. The molecule has 3 nitrogen and oxygen atoms in total. The predicted octanol–water partition coefficient (Wildman–Crippen LogP) is 2.01. The van der Waals surface area contributed by atoms with Gasteiger partial charge < -0.3 is 10.4 Å². The quantitative estimate of drug-likeness (QED) is 0.852. The van der Waals surface area contributed by atoms with Crippen molar-refractivity contribution in [2.75, 3.05) is 20.6 Å². The number of likely N-dealkylation sites (N-methyl/N-ethyl adjacent to an activating group) is 1. The molecule has 2 rings (SSSR count). The second-order valence-corrected chi connectivity index (χ2v) is 5.89. The van der Waals surface area contributed by atoms with E-state index in [0.717, 1.165) is 32.2 Å². The van der Waals surface area contributed by atoms with E-state index < -0.39 is 5.60 Å². The monoisotopic (exact) mass is 262 g/mol. The Balaban J connectivity index is 1.84. The van der Waals surface area contributed by atoms with E-state index in [1.807, 2.05) is 7.05 Å². The predicted molar refractivity (Wildman–Crippen MR) is 79.0 cm³/mol. The van der Waals surface area contributed by atoms with E-state index >= 15 is 0 Å². The van der Waals surface area contributed by atoms with Crippen LogP contribution in [0, 0.1) is 0 Å². The van der Waals surface area contributed by atoms with Gasteiger partial charge in [0.05, 0.1) is 5.60 Å². The van der Waals surface area contributed by atoms with Gasteiger partial charge in [-0.3, -0.25) is 4.90 Å². The zero-order chi connectivity index (χ0) is 13.7. The Morgan fingerprint density at radius 1 is 1.26 bits per heavy atom. The summed E-state index contributed by atoms with van der Waals surface area (Å²) >= 11 is 0. The van der Waals surface area contributed by atoms with E-state index in [-0.39, 0.29) is 0 Å². The number of rotatable bonds is 5. The Bertz CT molecular complexity index is 372. The van der Waals surface area contributed by atoms with Gasteiger partial charge >= 0.3 is 0 Å². The first-order chi connectivity index (χ1) is 9.13. The minimum absolute atomic E-state index is 0.487. The summed E-state index contributed by atoms with van der Waals surface area (Å²) in [5.41, 5.74) is 0.875. The van der Waals surface area contributed by atoms with E-state index in [2.05, 4.69) is 47.6 Å². The number of benzene rings is 1. The van der Waals surface area contributed by atoms with Crippen molar-refractivity contribution in [2.24, 2.45) is 0 Å². The molecule has 0 atom stereocenters. The molecule has 0 radical (unpaired) electrons. The van der Waals surface area contributed by atoms with E-state index in [0.29, 0.717) is 12.6 Å². The minimum atomic E-state index is -0.487. The molecule has 0 aromatic heterocycles. The van der Waals surface area contributed by atoms with Gasteiger partial charge in [0.15, 0.2) is 0 Å². The molecular weight excluding hydrogens is 236 g/mol. The molecular formula is C16H26N2O. The zero-order valence-electron chi connectivity index (χ0n) is 12.1. The van der Waals surface area contributed by atoms with Crippen molar-refractivity contribution in [2.45, 2.75) is 43.9 Å². The summed E-state index contributed by atoms with van der Waals surface area (Å²) in [4.78, 5) is 2.42. The van der Waals surface area contributed by atoms with Crippen molar-refractivity contribution >= 4 is 0 Å². The van der Waals surface area contributed by atoms with Crippen LogP contribution in [0.3, 0.4) is 0 Å². The van der Waals surface area contributed by atoms with Crippen LogP contribution in [0.2, 0.25) is 0 Å². The van der Waals surface area contributed by atoms with Gasteiger partial charge in [0.1, 0.15) is 0 Å². The molecule has 19 heavy (non-hydrogen) atoms. The summed E-state index contributed by atoms with van der Waals surface area (Å²) < 4.78 is 0. The van der Waals surface area contributed by atoms with Crippen LogP contribution in [0.25, 0.3) is 0 Å². The van der Waals surface area contributed by atoms with Gasteiger partial charge in [-0.15, -0.1) is 0 Å². The van der Waals surface area contributed by atoms with Crippen LogP contribution < -0.4 is 5.32 Å². The Morgan fingerprint density at radius 2 is 1.89 bits per heavy atom. The fourth-order valence-corrected chi connectivity index (χ4v) is 3.09. The fourth-order valence-electron chi connectivity index (χ4n) is 3.09. The second kappa shape index (κ2) is 6.51. The largest absolute Gasteiger partial charge is 0.389 e. The van der Waals surface area contributed by atoms with Crippen molar-refractivity contribution < 1.29 is 5.11 Å². The molecule has 1 saturated carbocycles. The van der Waals surface area contributed by atoms with Crippen molar-refractivity contribution in [3.63, 3.8) is 0 Å². The van der Waals surface area contributed by atoms with Crippen LogP contribution in [0.1, 0.15) is 31.2 Å². The highest BCUT2D eigenvalue weighted by atomic mass is 16.3. The molecule has 1 aromatic carbocycles. The maximum absolute atomic E-state index is 10.4. The molecule has 3 heteroatoms. The van der Waals surface area contributed by atoms with Crippen molar-refractivity contribution in [1.29, 1.82) is 0 Å². The molecule has 0 heterocycles. The van der Waals surface area contributed by atoms with E-state index in [4.69, 9.17) is 0 Å². The summed E-state index contributed by atoms with van der Waals surface area (Å²) in [6, 6.07) is 11.2. The third-order valence-electron chi connectivity index (χ3n) is 4.29. The van der Waals surface area contributed by atoms with Gasteiger partial charge in [0, 0.05) is 19.1 Å². The zero-order valence-corrected chi connectivity index (χ0v) is 12.1. The van der Waals surface area contributed by atoms with E-state index in [9.17, 15) is 5.11 Å². The standard InChI is InChI=1S/C16H26N2O/c1-17-13-16(19)10-8-15(9-11-16)18(2)12-14-6-4-3-5-7-14/h3-7,15,17,19H,8-13H2,1-2H3. The van der Waals surface area contributed by atoms with Gasteiger partial charge in [0.2, 0.25) is 0 Å². The van der Waals surface area contributed by atoms with Gasteiger partial charge in [-0.05, 0) is 45.3 Å². The number of aliphatic hydroxyl groups is 1. The smallest absolute Gasteiger partial charge is 0.0772 e. The number of hydrogen-bond donors (Lipinski definition) is 2. The molecule has 0 saturated heterocycles. The van der Waals surface area contributed by atoms with E-state index in [1.165, 1.54) is 5.56 Å². The van der Waals surface area contributed by atoms with Gasteiger partial charge in [-0.1, -0.05) is 30.3 Å². The lowest BCUT2D eigenvalue weighted by Crippen LogP contribution is -2.46. The Kier molecular flexibility index (Phi) is 4.97. The first-order valence-electron chi connectivity index (χ1n) is 7.24. The SMILES string of the molecule is CNCC1(O)CCC(N(C)Cc2ccccc2)CC1. The van der Waals surface area contributed by atoms with Crippen molar-refractivity contribution in [3.05, 3.63) is 35.9 Å². The molecule has 0 unspecified atom stereocenters. The molecule has 0 spiro atoms. The highest BCUT2D eigenvalue weighted by Crippen LogP contribution is 2.30. The fraction of sp³-hybridized carbons (Fsp3) is 0.625. The van der Waals surface area contributed by atoms with Crippen LogP contribution in [0.15, 0.2) is 30.3 Å². The topological polar surface area (TPSA) is 35.5 Å². The minimum Gasteiger partial charge on any atom is -0.389 e. The summed E-state index contributed by atoms with van der Waals surface area (Å²) in [5, 5.41) is 13.5. The third kappa shape index (κ3) is 4.03. The first kappa shape index (κ1) is 14.5. The van der Waals surface area contributed by atoms with Crippen molar-refractivity contribution in [1.82, 2.24) is 10.2 Å². The Hall–Kier alpha value is -0.900. The van der Waals surface area contributed by atoms with Gasteiger partial charge in [0.25, 0.3) is 0 Å². The molecule has 1 aliphatic rings.